The maximum atomic E-state index is 11.2. The Bertz CT molecular complexity index is 592. The molecule has 1 aromatic carbocycles. The highest BCUT2D eigenvalue weighted by Gasteiger charge is 2.31. The number of carboxylic acid groups (broad SMARTS) is 1. The van der Waals surface area contributed by atoms with Crippen molar-refractivity contribution < 1.29 is 14.6 Å². The molecule has 1 fully saturated rings. The molecule has 0 aliphatic carbocycles. The van der Waals surface area contributed by atoms with Gasteiger partial charge in [-0.2, -0.15) is 0 Å². The van der Waals surface area contributed by atoms with Crippen LogP contribution in [0.3, 0.4) is 0 Å². The summed E-state index contributed by atoms with van der Waals surface area (Å²) in [7, 11) is 0. The molecule has 1 heterocycles. The second-order valence-corrected chi connectivity index (χ2v) is 5.87. The van der Waals surface area contributed by atoms with Gasteiger partial charge in [0.15, 0.2) is 0 Å². The molecule has 0 bridgehead atoms. The van der Waals surface area contributed by atoms with E-state index < -0.39 is 6.09 Å². The number of piperidine rings is 1. The second kappa shape index (κ2) is 8.62. The predicted molar refractivity (Wildman–Crippen MR) is 86.5 cm³/mol. The standard InChI is InChI=1S/C15H19ClN4O3/c16-13-5-1-3-11(9-13)14(23-8-6-18-19-17)12-4-2-7-20(10-12)15(21)22/h1,3,5,9,12,14H,2,4,6-8,10H2,(H,21,22)/t12?,14-/m0/s1. The van der Waals surface area contributed by atoms with Crippen molar-refractivity contribution in [3.05, 3.63) is 45.3 Å². The normalized spacial score (nSPS) is 19.0. The molecular formula is C15H19ClN4O3. The number of hydrogen-bond acceptors (Lipinski definition) is 3. The molecule has 7 nitrogen and oxygen atoms in total. The summed E-state index contributed by atoms with van der Waals surface area (Å²) in [6.07, 6.45) is 0.495. The Hall–Kier alpha value is -1.95. The van der Waals surface area contributed by atoms with E-state index >= 15 is 0 Å². The van der Waals surface area contributed by atoms with Crippen LogP contribution in [0, 0.1) is 5.92 Å². The molecule has 0 saturated carbocycles. The van der Waals surface area contributed by atoms with Gasteiger partial charge in [-0.1, -0.05) is 28.8 Å². The van der Waals surface area contributed by atoms with Crippen LogP contribution in [0.2, 0.25) is 5.02 Å². The van der Waals surface area contributed by atoms with E-state index in [-0.39, 0.29) is 25.2 Å². The first-order valence-electron chi connectivity index (χ1n) is 7.47. The van der Waals surface area contributed by atoms with Gasteiger partial charge in [0.25, 0.3) is 0 Å². The Kier molecular flexibility index (Phi) is 6.52. The van der Waals surface area contributed by atoms with Crippen molar-refractivity contribution in [1.82, 2.24) is 4.90 Å². The van der Waals surface area contributed by atoms with Crippen molar-refractivity contribution in [2.24, 2.45) is 11.0 Å². The highest BCUT2D eigenvalue weighted by atomic mass is 35.5. The van der Waals surface area contributed by atoms with Crippen molar-refractivity contribution >= 4 is 17.7 Å². The molecule has 0 aromatic heterocycles. The molecule has 1 unspecified atom stereocenters. The lowest BCUT2D eigenvalue weighted by Gasteiger charge is -2.35. The van der Waals surface area contributed by atoms with Crippen LogP contribution in [0.4, 0.5) is 4.79 Å². The summed E-state index contributed by atoms with van der Waals surface area (Å²) in [4.78, 5) is 15.3. The van der Waals surface area contributed by atoms with Crippen molar-refractivity contribution in [2.45, 2.75) is 18.9 Å². The molecule has 1 amide bonds. The summed E-state index contributed by atoms with van der Waals surface area (Å²) in [6.45, 7) is 1.49. The zero-order valence-corrected chi connectivity index (χ0v) is 13.4. The number of likely N-dealkylation sites (tertiary alicyclic amines) is 1. The topological polar surface area (TPSA) is 98.5 Å². The van der Waals surface area contributed by atoms with Crippen LogP contribution >= 0.6 is 11.6 Å². The van der Waals surface area contributed by atoms with Crippen molar-refractivity contribution in [2.75, 3.05) is 26.2 Å². The van der Waals surface area contributed by atoms with E-state index in [0.717, 1.165) is 18.4 Å². The number of amides is 1. The fraction of sp³-hybridized carbons (Fsp3) is 0.533. The molecular weight excluding hydrogens is 320 g/mol. The van der Waals surface area contributed by atoms with Gasteiger partial charge >= 0.3 is 6.09 Å². The van der Waals surface area contributed by atoms with Crippen molar-refractivity contribution in [3.8, 4) is 0 Å². The lowest BCUT2D eigenvalue weighted by atomic mass is 9.88. The van der Waals surface area contributed by atoms with E-state index in [2.05, 4.69) is 10.0 Å². The summed E-state index contributed by atoms with van der Waals surface area (Å²) < 4.78 is 5.91. The molecule has 0 radical (unpaired) electrons. The number of benzene rings is 1. The number of halogens is 1. The molecule has 124 valence electrons. The predicted octanol–water partition coefficient (Wildman–Crippen LogP) is 4.10. The first-order chi connectivity index (χ1) is 11.1. The van der Waals surface area contributed by atoms with Gasteiger partial charge in [0, 0.05) is 35.5 Å². The van der Waals surface area contributed by atoms with Crippen molar-refractivity contribution in [1.29, 1.82) is 0 Å². The van der Waals surface area contributed by atoms with Crippen LogP contribution in [0.25, 0.3) is 10.4 Å². The molecule has 1 aliphatic rings. The van der Waals surface area contributed by atoms with Gasteiger partial charge in [0.2, 0.25) is 0 Å². The molecule has 2 atom stereocenters. The van der Waals surface area contributed by atoms with Crippen LogP contribution in [0.15, 0.2) is 29.4 Å². The molecule has 1 aromatic rings. The number of nitrogens with zero attached hydrogens (tertiary/aromatic N) is 4. The monoisotopic (exact) mass is 338 g/mol. The smallest absolute Gasteiger partial charge is 0.407 e. The van der Waals surface area contributed by atoms with Gasteiger partial charge in [-0.05, 0) is 36.1 Å². The zero-order valence-electron chi connectivity index (χ0n) is 12.6. The molecule has 8 heteroatoms. The van der Waals surface area contributed by atoms with Crippen LogP contribution < -0.4 is 0 Å². The third-order valence-corrected chi connectivity index (χ3v) is 4.12. The summed E-state index contributed by atoms with van der Waals surface area (Å²) in [5, 5.41) is 13.3. The maximum Gasteiger partial charge on any atom is 0.407 e. The molecule has 23 heavy (non-hydrogen) atoms. The average molecular weight is 339 g/mol. The summed E-state index contributed by atoms with van der Waals surface area (Å²) in [5.74, 6) is 0.0457. The number of azide groups is 1. The SMILES string of the molecule is [N-]=[N+]=NCCO[C@@H](c1cccc(Cl)c1)C1CCCN(C(=O)O)C1. The summed E-state index contributed by atoms with van der Waals surface area (Å²) >= 11 is 6.06. The van der Waals surface area contributed by atoms with Crippen molar-refractivity contribution in [3.63, 3.8) is 0 Å². The molecule has 2 rings (SSSR count). The molecule has 1 N–H and O–H groups in total. The number of carbonyl (C=O) groups is 1. The van der Waals surface area contributed by atoms with Crippen LogP contribution in [0.1, 0.15) is 24.5 Å². The highest BCUT2D eigenvalue weighted by Crippen LogP contribution is 2.33. The Morgan fingerprint density at radius 2 is 2.43 bits per heavy atom. The molecule has 1 saturated heterocycles. The Balaban J connectivity index is 2.14. The number of ether oxygens (including phenoxy) is 1. The maximum absolute atomic E-state index is 11.2. The minimum Gasteiger partial charge on any atom is -0.465 e. The van der Waals surface area contributed by atoms with Gasteiger partial charge in [0.1, 0.15) is 0 Å². The number of rotatable bonds is 6. The summed E-state index contributed by atoms with van der Waals surface area (Å²) in [5.41, 5.74) is 9.26. The van der Waals surface area contributed by atoms with E-state index in [1.807, 2.05) is 18.2 Å². The van der Waals surface area contributed by atoms with Crippen LogP contribution in [-0.2, 0) is 4.74 Å². The largest absolute Gasteiger partial charge is 0.465 e. The van der Waals surface area contributed by atoms with E-state index in [1.54, 1.807) is 6.07 Å². The lowest BCUT2D eigenvalue weighted by molar-refractivity contribution is -0.00971. The Labute approximate surface area is 139 Å². The lowest BCUT2D eigenvalue weighted by Crippen LogP contribution is -2.41. The third kappa shape index (κ3) is 5.03. The number of hydrogen-bond donors (Lipinski definition) is 1. The van der Waals surface area contributed by atoms with E-state index in [4.69, 9.17) is 21.9 Å². The zero-order chi connectivity index (χ0) is 16.7. The Morgan fingerprint density at radius 3 is 3.13 bits per heavy atom. The fourth-order valence-corrected chi connectivity index (χ4v) is 3.08. The van der Waals surface area contributed by atoms with E-state index in [1.165, 1.54) is 4.90 Å². The minimum absolute atomic E-state index is 0.0457. The third-order valence-electron chi connectivity index (χ3n) is 3.89. The second-order valence-electron chi connectivity index (χ2n) is 5.43. The van der Waals surface area contributed by atoms with Crippen LogP contribution in [-0.4, -0.2) is 42.3 Å². The highest BCUT2D eigenvalue weighted by molar-refractivity contribution is 6.30. The fourth-order valence-electron chi connectivity index (χ4n) is 2.88. The first kappa shape index (κ1) is 17.4. The molecule has 0 spiro atoms. The van der Waals surface area contributed by atoms with Gasteiger partial charge in [-0.25, -0.2) is 4.79 Å². The molecule has 1 aliphatic heterocycles. The quantitative estimate of drug-likeness (QED) is 0.366. The van der Waals surface area contributed by atoms with Gasteiger partial charge in [-0.3, -0.25) is 0 Å². The first-order valence-corrected chi connectivity index (χ1v) is 7.85. The minimum atomic E-state index is -0.909. The van der Waals surface area contributed by atoms with Crippen LogP contribution in [0.5, 0.6) is 0 Å². The van der Waals surface area contributed by atoms with Gasteiger partial charge in [-0.15, -0.1) is 0 Å². The Morgan fingerprint density at radius 1 is 1.61 bits per heavy atom. The van der Waals surface area contributed by atoms with Gasteiger partial charge in [0.05, 0.1) is 12.7 Å². The van der Waals surface area contributed by atoms with E-state index in [0.29, 0.717) is 18.1 Å². The van der Waals surface area contributed by atoms with E-state index in [9.17, 15) is 9.90 Å². The summed E-state index contributed by atoms with van der Waals surface area (Å²) in [6, 6.07) is 7.38. The average Bonchev–Trinajstić information content (AvgIpc) is 2.55. The van der Waals surface area contributed by atoms with Gasteiger partial charge < -0.3 is 14.7 Å².